The number of aryl methyl sites for hydroxylation is 2. The monoisotopic (exact) mass is 414 g/mol. The number of hydrogen-bond donors (Lipinski definition) is 1. The minimum atomic E-state index is 0.0347. The zero-order valence-electron chi connectivity index (χ0n) is 18.6. The van der Waals surface area contributed by atoms with Crippen molar-refractivity contribution in [3.8, 4) is 0 Å². The predicted molar refractivity (Wildman–Crippen MR) is 117 cm³/mol. The van der Waals surface area contributed by atoms with E-state index in [0.29, 0.717) is 13.2 Å². The zero-order chi connectivity index (χ0) is 21.3. The summed E-state index contributed by atoms with van der Waals surface area (Å²) in [5, 5.41) is 11.9. The first-order valence-electron chi connectivity index (χ1n) is 10.7. The third kappa shape index (κ3) is 5.79. The molecule has 1 aromatic heterocycles. The minimum Gasteiger partial charge on any atom is -0.382 e. The average Bonchev–Trinajstić information content (AvgIpc) is 3.08. The van der Waals surface area contributed by atoms with Crippen molar-refractivity contribution in [3.05, 3.63) is 47.0 Å². The SMILES string of the molecule is CCOCCCNC(=NCc1nnc(C)n1C)N1CCOC(c2ccccc2C)C1. The molecule has 1 fully saturated rings. The van der Waals surface area contributed by atoms with Crippen LogP contribution in [0.15, 0.2) is 29.3 Å². The van der Waals surface area contributed by atoms with E-state index in [4.69, 9.17) is 14.5 Å². The highest BCUT2D eigenvalue weighted by Crippen LogP contribution is 2.25. The van der Waals surface area contributed by atoms with Crippen LogP contribution in [0.5, 0.6) is 0 Å². The van der Waals surface area contributed by atoms with Gasteiger partial charge in [0.05, 0.1) is 13.2 Å². The van der Waals surface area contributed by atoms with Crippen LogP contribution in [-0.2, 0) is 23.1 Å². The van der Waals surface area contributed by atoms with Gasteiger partial charge in [0, 0.05) is 33.4 Å². The van der Waals surface area contributed by atoms with Gasteiger partial charge < -0.3 is 24.3 Å². The van der Waals surface area contributed by atoms with E-state index in [1.54, 1.807) is 0 Å². The molecule has 0 amide bonds. The van der Waals surface area contributed by atoms with E-state index in [-0.39, 0.29) is 6.10 Å². The topological polar surface area (TPSA) is 76.8 Å². The summed E-state index contributed by atoms with van der Waals surface area (Å²) in [6, 6.07) is 8.42. The average molecular weight is 415 g/mol. The first-order chi connectivity index (χ1) is 14.6. The Morgan fingerprint density at radius 2 is 2.13 bits per heavy atom. The molecule has 2 heterocycles. The number of nitrogens with zero attached hydrogens (tertiary/aromatic N) is 5. The molecule has 2 aromatic rings. The summed E-state index contributed by atoms with van der Waals surface area (Å²) < 4.78 is 13.5. The Morgan fingerprint density at radius 1 is 1.30 bits per heavy atom. The molecule has 8 heteroatoms. The molecule has 1 atom stereocenters. The van der Waals surface area contributed by atoms with Crippen molar-refractivity contribution in [1.29, 1.82) is 0 Å². The normalized spacial score (nSPS) is 17.4. The summed E-state index contributed by atoms with van der Waals surface area (Å²) in [4.78, 5) is 7.15. The minimum absolute atomic E-state index is 0.0347. The lowest BCUT2D eigenvalue weighted by Crippen LogP contribution is -2.48. The van der Waals surface area contributed by atoms with E-state index in [1.807, 2.05) is 25.5 Å². The predicted octanol–water partition coefficient (Wildman–Crippen LogP) is 2.38. The molecule has 30 heavy (non-hydrogen) atoms. The summed E-state index contributed by atoms with van der Waals surface area (Å²) in [7, 11) is 1.97. The number of rotatable bonds is 8. The smallest absolute Gasteiger partial charge is 0.194 e. The van der Waals surface area contributed by atoms with Crippen LogP contribution in [-0.4, -0.2) is 65.1 Å². The van der Waals surface area contributed by atoms with Crippen LogP contribution in [0.1, 0.15) is 42.2 Å². The highest BCUT2D eigenvalue weighted by molar-refractivity contribution is 5.80. The van der Waals surface area contributed by atoms with Gasteiger partial charge in [-0.05, 0) is 38.3 Å². The third-order valence-electron chi connectivity index (χ3n) is 5.41. The quantitative estimate of drug-likeness (QED) is 0.406. The lowest BCUT2D eigenvalue weighted by Gasteiger charge is -2.36. The summed E-state index contributed by atoms with van der Waals surface area (Å²) in [5.74, 6) is 2.62. The van der Waals surface area contributed by atoms with Gasteiger partial charge in [-0.1, -0.05) is 24.3 Å². The third-order valence-corrected chi connectivity index (χ3v) is 5.41. The molecule has 1 N–H and O–H groups in total. The molecule has 0 aliphatic carbocycles. The van der Waals surface area contributed by atoms with E-state index in [1.165, 1.54) is 11.1 Å². The first-order valence-corrected chi connectivity index (χ1v) is 10.7. The second kappa shape index (κ2) is 11.1. The van der Waals surface area contributed by atoms with Crippen molar-refractivity contribution >= 4 is 5.96 Å². The van der Waals surface area contributed by atoms with Crippen molar-refractivity contribution in [2.75, 3.05) is 39.5 Å². The lowest BCUT2D eigenvalue weighted by molar-refractivity contribution is -0.00840. The second-order valence-corrected chi connectivity index (χ2v) is 7.50. The molecule has 1 aliphatic heterocycles. The van der Waals surface area contributed by atoms with Gasteiger partial charge in [-0.15, -0.1) is 10.2 Å². The fraction of sp³-hybridized carbons (Fsp3) is 0.591. The van der Waals surface area contributed by atoms with Crippen LogP contribution in [0.25, 0.3) is 0 Å². The number of hydrogen-bond acceptors (Lipinski definition) is 5. The van der Waals surface area contributed by atoms with E-state index in [9.17, 15) is 0 Å². The molecule has 1 saturated heterocycles. The van der Waals surface area contributed by atoms with Crippen molar-refractivity contribution in [1.82, 2.24) is 25.0 Å². The number of benzene rings is 1. The van der Waals surface area contributed by atoms with Crippen LogP contribution in [0.3, 0.4) is 0 Å². The Kier molecular flexibility index (Phi) is 8.21. The van der Waals surface area contributed by atoms with E-state index in [2.05, 4.69) is 51.6 Å². The fourth-order valence-electron chi connectivity index (χ4n) is 3.50. The Labute approximate surface area is 179 Å². The maximum absolute atomic E-state index is 6.10. The summed E-state index contributed by atoms with van der Waals surface area (Å²) in [6.45, 7) is 11.1. The first kappa shape index (κ1) is 22.2. The second-order valence-electron chi connectivity index (χ2n) is 7.50. The number of guanidine groups is 1. The van der Waals surface area contributed by atoms with Gasteiger partial charge in [0.25, 0.3) is 0 Å². The fourth-order valence-corrected chi connectivity index (χ4v) is 3.50. The Hall–Kier alpha value is -2.45. The van der Waals surface area contributed by atoms with Gasteiger partial charge in [0.2, 0.25) is 0 Å². The molecule has 1 unspecified atom stereocenters. The Balaban J connectivity index is 1.71. The van der Waals surface area contributed by atoms with Gasteiger partial charge in [-0.2, -0.15) is 0 Å². The van der Waals surface area contributed by atoms with Crippen molar-refractivity contribution < 1.29 is 9.47 Å². The molecule has 164 valence electrons. The standard InChI is InChI=1S/C22H34N6O2/c1-5-29-13-8-11-23-22(24-15-21-26-25-18(3)27(21)4)28-12-14-30-20(16-28)19-10-7-6-9-17(19)2/h6-7,9-10,20H,5,8,11-16H2,1-4H3,(H,23,24). The number of morpholine rings is 1. The van der Waals surface area contributed by atoms with E-state index in [0.717, 1.165) is 56.9 Å². The Bertz CT molecular complexity index is 835. The van der Waals surface area contributed by atoms with E-state index < -0.39 is 0 Å². The van der Waals surface area contributed by atoms with Gasteiger partial charge >= 0.3 is 0 Å². The lowest BCUT2D eigenvalue weighted by atomic mass is 10.0. The van der Waals surface area contributed by atoms with Crippen molar-refractivity contribution in [2.45, 2.75) is 39.8 Å². The number of aliphatic imine (C=N–C) groups is 1. The number of ether oxygens (including phenoxy) is 2. The van der Waals surface area contributed by atoms with E-state index >= 15 is 0 Å². The molecule has 3 rings (SSSR count). The summed E-state index contributed by atoms with van der Waals surface area (Å²) >= 11 is 0. The van der Waals surface area contributed by atoms with Crippen molar-refractivity contribution in [3.63, 3.8) is 0 Å². The molecular weight excluding hydrogens is 380 g/mol. The molecule has 0 bridgehead atoms. The van der Waals surface area contributed by atoms with Crippen LogP contribution in [0, 0.1) is 13.8 Å². The molecule has 1 aliphatic rings. The summed E-state index contributed by atoms with van der Waals surface area (Å²) in [5.41, 5.74) is 2.49. The van der Waals surface area contributed by atoms with Gasteiger partial charge in [-0.25, -0.2) is 4.99 Å². The van der Waals surface area contributed by atoms with Crippen LogP contribution < -0.4 is 5.32 Å². The van der Waals surface area contributed by atoms with Crippen LogP contribution >= 0.6 is 0 Å². The Morgan fingerprint density at radius 3 is 2.87 bits per heavy atom. The molecule has 0 saturated carbocycles. The van der Waals surface area contributed by atoms with Gasteiger partial charge in [-0.3, -0.25) is 0 Å². The maximum Gasteiger partial charge on any atom is 0.194 e. The maximum atomic E-state index is 6.10. The largest absolute Gasteiger partial charge is 0.382 e. The van der Waals surface area contributed by atoms with Crippen molar-refractivity contribution in [2.24, 2.45) is 12.0 Å². The number of aromatic nitrogens is 3. The van der Waals surface area contributed by atoms with Crippen LogP contribution in [0.2, 0.25) is 0 Å². The summed E-state index contributed by atoms with van der Waals surface area (Å²) in [6.07, 6.45) is 0.967. The van der Waals surface area contributed by atoms with Gasteiger partial charge in [0.15, 0.2) is 11.8 Å². The van der Waals surface area contributed by atoms with Gasteiger partial charge in [0.1, 0.15) is 18.5 Å². The zero-order valence-corrected chi connectivity index (χ0v) is 18.6. The molecule has 0 radical (unpaired) electrons. The number of nitrogens with one attached hydrogen (secondary N) is 1. The molecular formula is C22H34N6O2. The van der Waals surface area contributed by atoms with Crippen LogP contribution in [0.4, 0.5) is 0 Å². The molecule has 1 aromatic carbocycles. The highest BCUT2D eigenvalue weighted by atomic mass is 16.5. The molecule has 0 spiro atoms. The molecule has 8 nitrogen and oxygen atoms in total. The highest BCUT2D eigenvalue weighted by Gasteiger charge is 2.25.